The fourth-order valence-electron chi connectivity index (χ4n) is 4.45. The molecule has 3 unspecified atom stereocenters. The SMILES string of the molecule is Cc1ccc(Nc2ccc3c(c2)ncn3-c2ccc(C(C)O)c(N3CC(C#N)CC3C)n2)nn1.O=CO. The number of nitrogens with zero attached hydrogens (tertiary/aromatic N) is 7. The predicted molar refractivity (Wildman–Crippen MR) is 139 cm³/mol. The second kappa shape index (κ2) is 11.0. The standard InChI is InChI=1S/C25H26N8O.CH2O2/c1-15-4-8-23(31-30-15)28-19-5-7-22-21(11-19)27-14-33(22)24-9-6-20(17(3)34)25(29-24)32-13-18(12-26)10-16(32)2;2-1-3/h4-9,11,14,16-18,34H,10,13H2,1-3H3,(H,28,31);1H,(H,2,3). The number of aliphatic hydroxyl groups is 1. The number of aliphatic hydroxyl groups excluding tert-OH is 1. The minimum Gasteiger partial charge on any atom is -0.483 e. The molecule has 0 spiro atoms. The molecule has 1 aromatic carbocycles. The Hall–Kier alpha value is -4.56. The van der Waals surface area contributed by atoms with Crippen molar-refractivity contribution >= 4 is 34.8 Å². The van der Waals surface area contributed by atoms with Crippen LogP contribution in [0.15, 0.2) is 48.8 Å². The number of hydrogen-bond donors (Lipinski definition) is 3. The first-order valence-corrected chi connectivity index (χ1v) is 11.8. The second-order valence-electron chi connectivity index (χ2n) is 8.93. The van der Waals surface area contributed by atoms with Gasteiger partial charge in [0.15, 0.2) is 5.82 Å². The molecule has 5 rings (SSSR count). The van der Waals surface area contributed by atoms with Gasteiger partial charge < -0.3 is 20.4 Å². The Morgan fingerprint density at radius 3 is 2.65 bits per heavy atom. The Morgan fingerprint density at radius 1 is 1.22 bits per heavy atom. The van der Waals surface area contributed by atoms with E-state index in [1.165, 1.54) is 0 Å². The number of fused-ring (bicyclic) bond motifs is 1. The minimum atomic E-state index is -0.664. The van der Waals surface area contributed by atoms with Crippen LogP contribution in [0.5, 0.6) is 0 Å². The van der Waals surface area contributed by atoms with Gasteiger partial charge in [-0.1, -0.05) is 0 Å². The summed E-state index contributed by atoms with van der Waals surface area (Å²) >= 11 is 0. The summed E-state index contributed by atoms with van der Waals surface area (Å²) in [4.78, 5) is 20.0. The van der Waals surface area contributed by atoms with Gasteiger partial charge in [-0.15, -0.1) is 5.10 Å². The first-order chi connectivity index (χ1) is 17.8. The summed E-state index contributed by atoms with van der Waals surface area (Å²) in [5.74, 6) is 2.05. The van der Waals surface area contributed by atoms with Crippen LogP contribution in [0.1, 0.15) is 37.6 Å². The highest BCUT2D eigenvalue weighted by Crippen LogP contribution is 2.34. The van der Waals surface area contributed by atoms with Crippen LogP contribution in [-0.4, -0.2) is 54.0 Å². The molecule has 0 amide bonds. The summed E-state index contributed by atoms with van der Waals surface area (Å²) < 4.78 is 1.93. The maximum Gasteiger partial charge on any atom is 0.290 e. The molecule has 1 saturated heterocycles. The van der Waals surface area contributed by atoms with Crippen molar-refractivity contribution in [2.24, 2.45) is 5.92 Å². The molecule has 190 valence electrons. The number of anilines is 3. The van der Waals surface area contributed by atoms with Gasteiger partial charge in [0.2, 0.25) is 0 Å². The predicted octanol–water partition coefficient (Wildman–Crippen LogP) is 3.76. The lowest BCUT2D eigenvalue weighted by atomic mass is 10.1. The van der Waals surface area contributed by atoms with Crippen molar-refractivity contribution < 1.29 is 15.0 Å². The largest absolute Gasteiger partial charge is 0.483 e. The quantitative estimate of drug-likeness (QED) is 0.345. The average molecular weight is 501 g/mol. The number of rotatable bonds is 5. The molecule has 0 radical (unpaired) electrons. The van der Waals surface area contributed by atoms with Gasteiger partial charge in [0.05, 0.1) is 34.8 Å². The van der Waals surface area contributed by atoms with Crippen LogP contribution in [0, 0.1) is 24.2 Å². The van der Waals surface area contributed by atoms with Crippen molar-refractivity contribution in [3.05, 3.63) is 60.0 Å². The summed E-state index contributed by atoms with van der Waals surface area (Å²) in [6.07, 6.45) is 1.87. The van der Waals surface area contributed by atoms with E-state index in [0.717, 1.165) is 40.2 Å². The topological polar surface area (TPSA) is 153 Å². The second-order valence-corrected chi connectivity index (χ2v) is 8.93. The number of aryl methyl sites for hydroxylation is 1. The molecule has 3 aromatic heterocycles. The molecule has 4 aromatic rings. The normalized spacial score (nSPS) is 17.5. The van der Waals surface area contributed by atoms with Crippen LogP contribution in [0.4, 0.5) is 17.3 Å². The fourth-order valence-corrected chi connectivity index (χ4v) is 4.45. The van der Waals surface area contributed by atoms with Crippen LogP contribution >= 0.6 is 0 Å². The molecule has 1 aliphatic heterocycles. The first kappa shape index (κ1) is 25.5. The number of pyridine rings is 1. The van der Waals surface area contributed by atoms with E-state index in [0.29, 0.717) is 18.2 Å². The van der Waals surface area contributed by atoms with E-state index in [9.17, 15) is 10.4 Å². The lowest BCUT2D eigenvalue weighted by Gasteiger charge is -2.26. The van der Waals surface area contributed by atoms with Crippen LogP contribution in [-0.2, 0) is 4.79 Å². The Morgan fingerprint density at radius 2 is 2.00 bits per heavy atom. The monoisotopic (exact) mass is 500 g/mol. The number of imidazole rings is 1. The van der Waals surface area contributed by atoms with Gasteiger partial charge >= 0.3 is 0 Å². The van der Waals surface area contributed by atoms with Crippen molar-refractivity contribution in [2.45, 2.75) is 39.3 Å². The third-order valence-corrected chi connectivity index (χ3v) is 6.23. The van der Waals surface area contributed by atoms with Gasteiger partial charge in [0.1, 0.15) is 18.0 Å². The summed E-state index contributed by atoms with van der Waals surface area (Å²) in [6.45, 7) is 6.09. The Labute approximate surface area is 214 Å². The third kappa shape index (κ3) is 5.49. The molecule has 0 aliphatic carbocycles. The minimum absolute atomic E-state index is 0.0412. The third-order valence-electron chi connectivity index (χ3n) is 6.23. The highest BCUT2D eigenvalue weighted by Gasteiger charge is 2.32. The van der Waals surface area contributed by atoms with E-state index in [2.05, 4.69) is 38.4 Å². The fraction of sp³-hybridized carbons (Fsp3) is 0.308. The maximum absolute atomic E-state index is 10.4. The van der Waals surface area contributed by atoms with Gasteiger partial charge in [-0.3, -0.25) is 9.36 Å². The number of benzene rings is 1. The van der Waals surface area contributed by atoms with E-state index < -0.39 is 6.10 Å². The smallest absolute Gasteiger partial charge is 0.290 e. The number of carbonyl (C=O) groups is 1. The molecule has 11 nitrogen and oxygen atoms in total. The van der Waals surface area contributed by atoms with Crippen LogP contribution in [0.2, 0.25) is 0 Å². The summed E-state index contributed by atoms with van der Waals surface area (Å²) in [5, 5.41) is 38.1. The molecule has 37 heavy (non-hydrogen) atoms. The van der Waals surface area contributed by atoms with E-state index in [-0.39, 0.29) is 18.4 Å². The average Bonchev–Trinajstić information content (AvgIpc) is 3.48. The zero-order valence-electron chi connectivity index (χ0n) is 20.8. The van der Waals surface area contributed by atoms with E-state index in [4.69, 9.17) is 14.9 Å². The Balaban J connectivity index is 0.00000102. The summed E-state index contributed by atoms with van der Waals surface area (Å²) in [5.41, 5.74) is 4.20. The molecule has 3 atom stereocenters. The van der Waals surface area contributed by atoms with E-state index in [1.807, 2.05) is 54.0 Å². The molecular formula is C26H28N8O3. The number of carboxylic acid groups (broad SMARTS) is 1. The molecule has 4 heterocycles. The van der Waals surface area contributed by atoms with Gasteiger partial charge in [0.25, 0.3) is 6.47 Å². The van der Waals surface area contributed by atoms with Crippen molar-refractivity contribution in [3.8, 4) is 11.9 Å². The molecule has 3 N–H and O–H groups in total. The number of nitrogens with one attached hydrogen (secondary N) is 1. The lowest BCUT2D eigenvalue weighted by molar-refractivity contribution is -0.122. The van der Waals surface area contributed by atoms with E-state index in [1.54, 1.807) is 13.3 Å². The van der Waals surface area contributed by atoms with Crippen molar-refractivity contribution in [3.63, 3.8) is 0 Å². The first-order valence-electron chi connectivity index (χ1n) is 11.8. The zero-order chi connectivity index (χ0) is 26.5. The molecule has 0 bridgehead atoms. The summed E-state index contributed by atoms with van der Waals surface area (Å²) in [7, 11) is 0. The van der Waals surface area contributed by atoms with Crippen molar-refractivity contribution in [1.82, 2.24) is 24.7 Å². The Kier molecular flexibility index (Phi) is 7.60. The van der Waals surface area contributed by atoms with Crippen LogP contribution in [0.3, 0.4) is 0 Å². The van der Waals surface area contributed by atoms with Gasteiger partial charge in [0, 0.05) is 23.8 Å². The summed E-state index contributed by atoms with van der Waals surface area (Å²) in [6, 6.07) is 16.0. The van der Waals surface area contributed by atoms with Gasteiger partial charge in [-0.25, -0.2) is 9.97 Å². The number of hydrogen-bond acceptors (Lipinski definition) is 9. The van der Waals surface area contributed by atoms with Crippen molar-refractivity contribution in [2.75, 3.05) is 16.8 Å². The van der Waals surface area contributed by atoms with Crippen LogP contribution < -0.4 is 10.2 Å². The lowest BCUT2D eigenvalue weighted by Crippen LogP contribution is -2.29. The van der Waals surface area contributed by atoms with Gasteiger partial charge in [-0.2, -0.15) is 10.4 Å². The van der Waals surface area contributed by atoms with Gasteiger partial charge in [-0.05, 0) is 69.7 Å². The number of aromatic nitrogens is 5. The molecule has 0 saturated carbocycles. The van der Waals surface area contributed by atoms with E-state index >= 15 is 0 Å². The Bertz CT molecular complexity index is 1430. The zero-order valence-corrected chi connectivity index (χ0v) is 20.8. The maximum atomic E-state index is 10.4. The number of nitriles is 1. The van der Waals surface area contributed by atoms with Crippen molar-refractivity contribution in [1.29, 1.82) is 5.26 Å². The molecule has 11 heteroatoms. The highest BCUT2D eigenvalue weighted by atomic mass is 16.3. The molecule has 1 fully saturated rings. The molecular weight excluding hydrogens is 472 g/mol. The highest BCUT2D eigenvalue weighted by molar-refractivity contribution is 5.82. The molecule has 1 aliphatic rings. The van der Waals surface area contributed by atoms with Crippen LogP contribution in [0.25, 0.3) is 16.9 Å².